The van der Waals surface area contributed by atoms with Crippen LogP contribution in [0.3, 0.4) is 0 Å². The Morgan fingerprint density at radius 1 is 0.111 bits per heavy atom. The Morgan fingerprint density at radius 2 is 0.284 bits per heavy atom. The first-order valence-corrected chi connectivity index (χ1v) is 21.9. The predicted molar refractivity (Wildman–Crippen MR) is 268 cm³/mol. The van der Waals surface area contributed by atoms with Crippen molar-refractivity contribution >= 4 is 75.8 Å². The van der Waals surface area contributed by atoms with Crippen LogP contribution < -0.4 is 0 Å². The van der Waals surface area contributed by atoms with Gasteiger partial charge in [0.1, 0.15) is 11.5 Å². The highest BCUT2D eigenvalue weighted by atomic mass is 16.4. The number of phenolic OH excluding ortho intramolecular Hbond substituents is 30. The van der Waals surface area contributed by atoms with Crippen LogP contribution in [0.15, 0.2) is 4.42 Å². The van der Waals surface area contributed by atoms with Crippen molar-refractivity contribution in [2.75, 3.05) is 0 Å². The summed E-state index contributed by atoms with van der Waals surface area (Å²) in [6.07, 6.45) is 0. The summed E-state index contributed by atoms with van der Waals surface area (Å²) in [6, 6.07) is 0. The quantitative estimate of drug-likeness (QED) is 0.0448. The summed E-state index contributed by atoms with van der Waals surface area (Å²) in [7, 11) is 0. The Balaban J connectivity index is 1.35. The number of fused-ring (bicyclic) bond motifs is 10. The number of phenols is 30. The lowest BCUT2D eigenvalue weighted by Crippen LogP contribution is -1.97. The van der Waals surface area contributed by atoms with Gasteiger partial charge in [-0.1, -0.05) is 0 Å². The topological polar surface area (TPSA) is 620 Å². The Labute approximate surface area is 438 Å². The fraction of sp³-hybridized carbons (Fsp3) is 0. The molecule has 416 valence electrons. The molecule has 0 amide bonds. The van der Waals surface area contributed by atoms with Crippen molar-refractivity contribution in [3.05, 3.63) is 0 Å². The lowest BCUT2D eigenvalue weighted by Gasteiger charge is -2.25. The average Bonchev–Trinajstić information content (AvgIpc) is 3.99. The number of furan rings is 1. The fourth-order valence-electron chi connectivity index (χ4n) is 10.4. The van der Waals surface area contributed by atoms with E-state index in [0.717, 1.165) is 0 Å². The van der Waals surface area contributed by atoms with Crippen LogP contribution in [0.2, 0.25) is 0 Å². The fourth-order valence-corrected chi connectivity index (χ4v) is 10.4. The molecule has 0 aliphatic carbocycles. The van der Waals surface area contributed by atoms with Crippen LogP contribution in [-0.2, 0) is 0 Å². The van der Waals surface area contributed by atoms with Crippen molar-refractivity contribution < 1.29 is 158 Å². The van der Waals surface area contributed by atoms with Gasteiger partial charge in [0.15, 0.2) is 115 Å². The maximum Gasteiger partial charge on any atom is 0.205 e. The second kappa shape index (κ2) is 15.5. The maximum absolute atomic E-state index is 12.4. The van der Waals surface area contributed by atoms with Crippen molar-refractivity contribution in [2.24, 2.45) is 0 Å². The van der Waals surface area contributed by atoms with Gasteiger partial charge in [-0.05, 0) is 0 Å². The van der Waals surface area contributed by atoms with Crippen molar-refractivity contribution in [3.8, 4) is 206 Å². The van der Waals surface area contributed by atoms with Gasteiger partial charge in [-0.25, -0.2) is 0 Å². The van der Waals surface area contributed by atoms with E-state index in [1.165, 1.54) is 0 Å². The zero-order valence-corrected chi connectivity index (χ0v) is 38.8. The zero-order valence-electron chi connectivity index (χ0n) is 38.8. The summed E-state index contributed by atoms with van der Waals surface area (Å²) in [5.41, 5.74) is -11.6. The van der Waals surface area contributed by atoms with E-state index in [1.54, 1.807) is 0 Å². The molecule has 31 nitrogen and oxygen atoms in total. The zero-order chi connectivity index (χ0) is 59.6. The predicted octanol–water partition coefficient (Wildman–Crippen LogP) is 5.52. The third-order valence-electron chi connectivity index (χ3n) is 14.1. The van der Waals surface area contributed by atoms with Crippen LogP contribution in [-0.4, -0.2) is 153 Å². The molecule has 0 bridgehead atoms. The van der Waals surface area contributed by atoms with Gasteiger partial charge in [-0.2, -0.15) is 0 Å². The molecule has 0 radical (unpaired) electrons. The number of hydrogen-bond acceptors (Lipinski definition) is 31. The molecular formula is C50H30O31. The molecule has 0 spiro atoms. The van der Waals surface area contributed by atoms with Gasteiger partial charge < -0.3 is 158 Å². The Morgan fingerprint density at radius 3 is 0.642 bits per heavy atom. The molecule has 0 fully saturated rings. The lowest BCUT2D eigenvalue weighted by molar-refractivity contribution is 0.349. The molecule has 81 heavy (non-hydrogen) atoms. The maximum atomic E-state index is 12.4. The molecule has 0 aliphatic rings. The molecule has 31 heteroatoms. The van der Waals surface area contributed by atoms with Gasteiger partial charge >= 0.3 is 0 Å². The van der Waals surface area contributed by atoms with Gasteiger partial charge in [0, 0.05) is 54.2 Å². The second-order valence-electron chi connectivity index (χ2n) is 18.0. The van der Waals surface area contributed by atoms with Gasteiger partial charge in [-0.15, -0.1) is 0 Å². The third-order valence-corrected chi connectivity index (χ3v) is 14.1. The van der Waals surface area contributed by atoms with E-state index in [2.05, 4.69) is 0 Å². The van der Waals surface area contributed by atoms with Gasteiger partial charge in [0.25, 0.3) is 0 Å². The van der Waals surface area contributed by atoms with Crippen LogP contribution in [0, 0.1) is 0 Å². The Hall–Kier alpha value is -12.7. The number of hydrogen-bond donors (Lipinski definition) is 30. The van der Waals surface area contributed by atoms with Gasteiger partial charge in [0.2, 0.25) is 57.5 Å². The molecule has 1 aromatic heterocycles. The van der Waals surface area contributed by atoms with Crippen molar-refractivity contribution in [1.82, 2.24) is 0 Å². The molecule has 11 rings (SSSR count). The summed E-state index contributed by atoms with van der Waals surface area (Å²) in [4.78, 5) is 0. The minimum absolute atomic E-state index is 0.981. The van der Waals surface area contributed by atoms with Crippen LogP contribution >= 0.6 is 0 Å². The minimum atomic E-state index is -1.98. The Bertz CT molecular complexity index is 4810. The van der Waals surface area contributed by atoms with E-state index in [4.69, 9.17) is 4.42 Å². The van der Waals surface area contributed by atoms with Crippen LogP contribution in [0.25, 0.3) is 109 Å². The normalized spacial score (nSPS) is 12.0. The van der Waals surface area contributed by atoms with Crippen molar-refractivity contribution in [1.29, 1.82) is 0 Å². The summed E-state index contributed by atoms with van der Waals surface area (Å²) in [6.45, 7) is 0. The van der Waals surface area contributed by atoms with Crippen LogP contribution in [0.4, 0.5) is 0 Å². The first-order chi connectivity index (χ1) is 37.8. The van der Waals surface area contributed by atoms with E-state index in [1.807, 2.05) is 0 Å². The number of benzene rings is 10. The molecule has 30 N–H and O–H groups in total. The molecular weight excluding hydrogens is 1100 g/mol. The number of rotatable bonds is 3. The molecule has 0 aliphatic heterocycles. The molecule has 11 aromatic rings. The highest BCUT2D eigenvalue weighted by Gasteiger charge is 2.41. The van der Waals surface area contributed by atoms with E-state index >= 15 is 0 Å². The molecule has 1 heterocycles. The largest absolute Gasteiger partial charge is 0.506 e. The highest BCUT2D eigenvalue weighted by Crippen LogP contribution is 2.70. The number of aromatic hydroxyl groups is 30. The third kappa shape index (κ3) is 5.55. The summed E-state index contributed by atoms with van der Waals surface area (Å²) in [5, 5.41) is 324. The van der Waals surface area contributed by atoms with E-state index in [0.29, 0.717) is 0 Å². The highest BCUT2D eigenvalue weighted by molar-refractivity contribution is 6.34. The van der Waals surface area contributed by atoms with Gasteiger partial charge in [0.05, 0.1) is 43.8 Å². The van der Waals surface area contributed by atoms with E-state index < -0.39 is 282 Å². The molecule has 0 unspecified atom stereocenters. The summed E-state index contributed by atoms with van der Waals surface area (Å²) >= 11 is 0. The SMILES string of the molecule is Oc1c(O)c(-c2c3c(O)c(O)c(O)c(O)c3c(-c3c(O)c(O)c4oc5c(O)c(O)c6c(O)c(O)c(O)c(O)c6c5c4c3O)c3c(O)c(O)c(O)c(O)c23)c(O)c(O)c1-c1c(O)c(O)c2c(O)c(O)c3c(O)c(O)c(O)c(O)c3c2c1O. The lowest BCUT2D eigenvalue weighted by atomic mass is 9.81. The van der Waals surface area contributed by atoms with E-state index in [9.17, 15) is 153 Å². The first-order valence-electron chi connectivity index (χ1n) is 21.9. The molecule has 10 aromatic carbocycles. The molecule has 0 saturated carbocycles. The van der Waals surface area contributed by atoms with Crippen LogP contribution in [0.5, 0.6) is 172 Å². The van der Waals surface area contributed by atoms with Gasteiger partial charge in [-0.3, -0.25) is 0 Å². The first kappa shape index (κ1) is 50.5. The van der Waals surface area contributed by atoms with Crippen molar-refractivity contribution in [2.45, 2.75) is 0 Å². The minimum Gasteiger partial charge on any atom is -0.506 e. The monoisotopic (exact) mass is 1130 g/mol. The average molecular weight is 1130 g/mol. The Kier molecular flexibility index (Phi) is 9.63. The van der Waals surface area contributed by atoms with E-state index in [-0.39, 0.29) is 0 Å². The van der Waals surface area contributed by atoms with Crippen molar-refractivity contribution in [3.63, 3.8) is 0 Å². The molecule has 0 atom stereocenters. The second-order valence-corrected chi connectivity index (χ2v) is 18.0. The van der Waals surface area contributed by atoms with Crippen LogP contribution in [0.1, 0.15) is 0 Å². The smallest absolute Gasteiger partial charge is 0.205 e. The summed E-state index contributed by atoms with van der Waals surface area (Å²) in [5.74, 6) is -50.7. The molecule has 0 saturated heterocycles. The summed E-state index contributed by atoms with van der Waals surface area (Å²) < 4.78 is 5.46. The standard InChI is InChI=1S/C50H30O31/c51-19-7-8-14(35(67)45(77)43(75)25(8)57)31(63)29(61)13(7)30(62)32(64)16(19)17-33(65)27(59)12(28(60)34(17)66)2-5-3(21(53)39(71)41(73)23(5)55)1(4-6(2)24(56)42(74)40(72)22(4)54)11-20(52)18-10-9-15(36(68)46(78)44(76)26(9)58)38(70)47(79)49(10)81-50(18)48(80)37(11)69/h51-80H.